The molecular formula is C25H29FN4O2S2. The van der Waals surface area contributed by atoms with Gasteiger partial charge in [-0.25, -0.2) is 9.07 Å². The van der Waals surface area contributed by atoms with E-state index in [2.05, 4.69) is 37.5 Å². The van der Waals surface area contributed by atoms with Crippen molar-refractivity contribution in [3.63, 3.8) is 0 Å². The summed E-state index contributed by atoms with van der Waals surface area (Å²) in [4.78, 5) is 27.8. The summed E-state index contributed by atoms with van der Waals surface area (Å²) in [5.74, 6) is 0.0524. The molecule has 0 bridgehead atoms. The lowest BCUT2D eigenvalue weighted by Gasteiger charge is -2.24. The first kappa shape index (κ1) is 24.5. The van der Waals surface area contributed by atoms with Gasteiger partial charge in [-0.3, -0.25) is 14.5 Å². The van der Waals surface area contributed by atoms with Crippen LogP contribution in [0.2, 0.25) is 0 Å². The molecule has 0 unspecified atom stereocenters. The molecule has 0 aliphatic carbocycles. The minimum absolute atomic E-state index is 0.0471. The number of anilines is 1. The molecule has 0 spiro atoms. The number of hydrogen-bond donors (Lipinski definition) is 1. The minimum Gasteiger partial charge on any atom is -0.352 e. The van der Waals surface area contributed by atoms with E-state index in [1.165, 1.54) is 17.0 Å². The number of nitrogens with one attached hydrogen (secondary N) is 1. The number of fused-ring (bicyclic) bond motifs is 1. The normalized spacial score (nSPS) is 16.5. The smallest absolute Gasteiger partial charge is 0.240 e. The highest BCUT2D eigenvalue weighted by atomic mass is 32.2. The summed E-state index contributed by atoms with van der Waals surface area (Å²) in [5.41, 5.74) is 3.17. The van der Waals surface area contributed by atoms with Crippen LogP contribution in [-0.2, 0) is 15.0 Å². The van der Waals surface area contributed by atoms with Crippen LogP contribution in [0.5, 0.6) is 0 Å². The van der Waals surface area contributed by atoms with Crippen molar-refractivity contribution in [2.24, 2.45) is 0 Å². The number of amides is 2. The Morgan fingerprint density at radius 1 is 1.24 bits per heavy atom. The molecule has 0 saturated heterocycles. The highest BCUT2D eigenvalue weighted by Crippen LogP contribution is 2.48. The van der Waals surface area contributed by atoms with Crippen LogP contribution in [0.15, 0.2) is 41.1 Å². The van der Waals surface area contributed by atoms with Crippen molar-refractivity contribution < 1.29 is 14.0 Å². The fraction of sp³-hybridized carbons (Fsp3) is 0.400. The first-order valence-corrected chi connectivity index (χ1v) is 13.2. The van der Waals surface area contributed by atoms with Crippen LogP contribution in [0, 0.1) is 5.82 Å². The molecule has 1 aliphatic heterocycles. The second-order valence-electron chi connectivity index (χ2n) is 9.67. The van der Waals surface area contributed by atoms with Crippen molar-refractivity contribution in [3.05, 3.63) is 63.7 Å². The lowest BCUT2D eigenvalue weighted by atomic mass is 9.87. The van der Waals surface area contributed by atoms with Gasteiger partial charge in [0.05, 0.1) is 22.4 Å². The number of halogens is 1. The third-order valence-electron chi connectivity index (χ3n) is 5.47. The van der Waals surface area contributed by atoms with Crippen LogP contribution < -0.4 is 10.2 Å². The van der Waals surface area contributed by atoms with E-state index in [9.17, 15) is 14.0 Å². The highest BCUT2D eigenvalue weighted by Gasteiger charge is 2.40. The molecule has 3 aromatic rings. The van der Waals surface area contributed by atoms with Gasteiger partial charge in [0.2, 0.25) is 11.8 Å². The van der Waals surface area contributed by atoms with E-state index in [1.807, 2.05) is 19.2 Å². The maximum absolute atomic E-state index is 13.7. The monoisotopic (exact) mass is 500 g/mol. The molecule has 1 aromatic carbocycles. The molecule has 4 rings (SSSR count). The SMILES string of the molecule is CC(C)NC(=O)CN1C(=O)CS[C@H](c2ccsc2)c2c(C(C)(C)C)nn(-c3ccc(F)cc3)c21. The van der Waals surface area contributed by atoms with Gasteiger partial charge in [-0.05, 0) is 60.5 Å². The Hall–Kier alpha value is -2.65. The minimum atomic E-state index is -0.353. The zero-order chi connectivity index (χ0) is 24.6. The maximum atomic E-state index is 13.7. The third kappa shape index (κ3) is 4.90. The molecule has 0 fully saturated rings. The molecule has 0 radical (unpaired) electrons. The Morgan fingerprint density at radius 2 is 1.94 bits per heavy atom. The Balaban J connectivity index is 1.98. The van der Waals surface area contributed by atoms with E-state index < -0.39 is 0 Å². The molecular weight excluding hydrogens is 471 g/mol. The maximum Gasteiger partial charge on any atom is 0.240 e. The number of hydrogen-bond acceptors (Lipinski definition) is 5. The van der Waals surface area contributed by atoms with Gasteiger partial charge in [0.25, 0.3) is 0 Å². The predicted molar refractivity (Wildman–Crippen MR) is 136 cm³/mol. The second-order valence-corrected chi connectivity index (χ2v) is 11.5. The number of thioether (sulfide) groups is 1. The summed E-state index contributed by atoms with van der Waals surface area (Å²) in [6.07, 6.45) is 0. The van der Waals surface area contributed by atoms with Gasteiger partial charge in [-0.2, -0.15) is 16.4 Å². The van der Waals surface area contributed by atoms with Crippen molar-refractivity contribution in [2.45, 2.75) is 51.3 Å². The summed E-state index contributed by atoms with van der Waals surface area (Å²) in [7, 11) is 0. The van der Waals surface area contributed by atoms with Crippen molar-refractivity contribution in [2.75, 3.05) is 17.2 Å². The first-order chi connectivity index (χ1) is 16.1. The second kappa shape index (κ2) is 9.54. The third-order valence-corrected chi connectivity index (χ3v) is 7.42. The van der Waals surface area contributed by atoms with Crippen LogP contribution in [-0.4, -0.2) is 39.9 Å². The number of thiophene rings is 1. The number of carbonyl (C=O) groups excluding carboxylic acids is 2. The van der Waals surface area contributed by atoms with Crippen LogP contribution >= 0.6 is 23.1 Å². The number of benzene rings is 1. The van der Waals surface area contributed by atoms with Gasteiger partial charge in [0.15, 0.2) is 0 Å². The Bertz CT molecular complexity index is 1180. The Kier molecular flexibility index (Phi) is 6.87. The molecule has 34 heavy (non-hydrogen) atoms. The standard InChI is InChI=1S/C25H29FN4O2S2/c1-15(2)27-19(31)12-29-20(32)14-34-22(16-10-11-33-13-16)21-23(25(3,4)5)28-30(24(21)29)18-8-6-17(26)7-9-18/h6-11,13,15,22H,12,14H2,1-5H3,(H,27,31)/t22-/m1/s1. The summed E-state index contributed by atoms with van der Waals surface area (Å²) in [6, 6.07) is 8.06. The number of carbonyl (C=O) groups is 2. The molecule has 1 atom stereocenters. The molecule has 2 aromatic heterocycles. The first-order valence-electron chi connectivity index (χ1n) is 11.2. The molecule has 9 heteroatoms. The summed E-state index contributed by atoms with van der Waals surface area (Å²) in [5, 5.41) is 11.9. The van der Waals surface area contributed by atoms with Crippen LogP contribution in [0.25, 0.3) is 5.69 Å². The van der Waals surface area contributed by atoms with Crippen LogP contribution in [0.1, 0.15) is 56.7 Å². The topological polar surface area (TPSA) is 67.2 Å². The highest BCUT2D eigenvalue weighted by molar-refractivity contribution is 8.00. The summed E-state index contributed by atoms with van der Waals surface area (Å²) < 4.78 is 15.4. The summed E-state index contributed by atoms with van der Waals surface area (Å²) in [6.45, 7) is 9.91. The van der Waals surface area contributed by atoms with E-state index in [0.29, 0.717) is 11.5 Å². The summed E-state index contributed by atoms with van der Waals surface area (Å²) >= 11 is 3.16. The van der Waals surface area contributed by atoms with E-state index in [4.69, 9.17) is 5.10 Å². The quantitative estimate of drug-likeness (QED) is 0.532. The van der Waals surface area contributed by atoms with Crippen molar-refractivity contribution in [3.8, 4) is 5.69 Å². The van der Waals surface area contributed by atoms with Crippen molar-refractivity contribution >= 4 is 40.7 Å². The predicted octanol–water partition coefficient (Wildman–Crippen LogP) is 5.06. The average molecular weight is 501 g/mol. The Morgan fingerprint density at radius 3 is 2.53 bits per heavy atom. The number of rotatable bonds is 5. The molecule has 3 heterocycles. The fourth-order valence-corrected chi connectivity index (χ4v) is 5.99. The van der Waals surface area contributed by atoms with Crippen molar-refractivity contribution in [1.82, 2.24) is 15.1 Å². The zero-order valence-electron chi connectivity index (χ0n) is 20.0. The van der Waals surface area contributed by atoms with Gasteiger partial charge in [-0.15, -0.1) is 11.8 Å². The zero-order valence-corrected chi connectivity index (χ0v) is 21.6. The number of aromatic nitrogens is 2. The van der Waals surface area contributed by atoms with Gasteiger partial charge in [0.1, 0.15) is 18.2 Å². The van der Waals surface area contributed by atoms with E-state index >= 15 is 0 Å². The molecule has 2 amide bonds. The molecule has 0 saturated carbocycles. The fourth-order valence-electron chi connectivity index (χ4n) is 4.03. The van der Waals surface area contributed by atoms with Crippen LogP contribution in [0.4, 0.5) is 10.2 Å². The lowest BCUT2D eigenvalue weighted by molar-refractivity contribution is -0.123. The average Bonchev–Trinajstić information content (AvgIpc) is 3.38. The van der Waals surface area contributed by atoms with Crippen molar-refractivity contribution in [1.29, 1.82) is 0 Å². The molecule has 6 nitrogen and oxygen atoms in total. The van der Waals surface area contributed by atoms with Gasteiger partial charge < -0.3 is 5.32 Å². The van der Waals surface area contributed by atoms with Gasteiger partial charge in [0, 0.05) is 17.0 Å². The molecule has 1 aliphatic rings. The largest absolute Gasteiger partial charge is 0.352 e. The van der Waals surface area contributed by atoms with Crippen LogP contribution in [0.3, 0.4) is 0 Å². The Labute approximate surface area is 207 Å². The van der Waals surface area contributed by atoms with E-state index in [-0.39, 0.29) is 46.6 Å². The molecule has 1 N–H and O–H groups in total. The van der Waals surface area contributed by atoms with Gasteiger partial charge in [-0.1, -0.05) is 20.8 Å². The van der Waals surface area contributed by atoms with Gasteiger partial charge >= 0.3 is 0 Å². The van der Waals surface area contributed by atoms with E-state index in [0.717, 1.165) is 16.8 Å². The van der Waals surface area contributed by atoms with E-state index in [1.54, 1.807) is 39.9 Å². The molecule has 180 valence electrons. The number of nitrogens with zero attached hydrogens (tertiary/aromatic N) is 3. The lowest BCUT2D eigenvalue weighted by Crippen LogP contribution is -2.44.